The summed E-state index contributed by atoms with van der Waals surface area (Å²) in [6.45, 7) is 11.3. The maximum absolute atomic E-state index is 2.38. The molecule has 0 aliphatic rings. The van der Waals surface area contributed by atoms with E-state index in [-0.39, 0.29) is 0 Å². The Morgan fingerprint density at radius 2 is 1.46 bits per heavy atom. The van der Waals surface area contributed by atoms with E-state index in [0.29, 0.717) is 5.41 Å². The van der Waals surface area contributed by atoms with Gasteiger partial charge in [0.1, 0.15) is 7.05 Å². The van der Waals surface area contributed by atoms with Gasteiger partial charge in [0.2, 0.25) is 5.69 Å². The van der Waals surface area contributed by atoms with E-state index in [1.54, 1.807) is 0 Å². The number of hydrogen-bond acceptors (Lipinski definition) is 0. The molecule has 0 spiro atoms. The minimum atomic E-state index is 0.292. The van der Waals surface area contributed by atoms with Crippen LogP contribution in [0.5, 0.6) is 0 Å². The number of nitrogens with zero attached hydrogens (tertiary/aromatic N) is 1. The van der Waals surface area contributed by atoms with E-state index >= 15 is 0 Å². The van der Waals surface area contributed by atoms with Gasteiger partial charge in [-0.2, -0.15) is 4.57 Å². The van der Waals surface area contributed by atoms with Crippen LogP contribution in [0.15, 0.2) is 60.7 Å². The van der Waals surface area contributed by atoms with E-state index in [4.69, 9.17) is 0 Å². The summed E-state index contributed by atoms with van der Waals surface area (Å²) in [5.41, 5.74) is 6.93. The topological polar surface area (TPSA) is 3.88 Å². The predicted octanol–water partition coefficient (Wildman–Crippen LogP) is 6.69. The predicted molar refractivity (Wildman–Crippen MR) is 121 cm³/mol. The summed E-state index contributed by atoms with van der Waals surface area (Å²) >= 11 is 0. The Kier molecular flexibility index (Phi) is 4.50. The van der Waals surface area contributed by atoms with Crippen molar-refractivity contribution in [2.75, 3.05) is 0 Å². The van der Waals surface area contributed by atoms with Gasteiger partial charge in [0.05, 0.1) is 10.9 Å². The molecule has 0 bridgehead atoms. The summed E-state index contributed by atoms with van der Waals surface area (Å²) in [7, 11) is 2.18. The standard InChI is InChI=1S/C27H30N/c1-18-13-21-9-7-8-10-22(21)16-25(18)26-24-12-11-20(17-27(3,4)5)15-23(24)14-19(2)28(26)6/h7-16H,17H2,1-6H3/q+1. The summed E-state index contributed by atoms with van der Waals surface area (Å²) in [5.74, 6) is 0. The number of benzene rings is 3. The first kappa shape index (κ1) is 18.7. The quantitative estimate of drug-likeness (QED) is 0.347. The lowest BCUT2D eigenvalue weighted by Gasteiger charge is -2.18. The molecular weight excluding hydrogens is 338 g/mol. The monoisotopic (exact) mass is 368 g/mol. The second-order valence-corrected chi connectivity index (χ2v) is 9.37. The molecule has 0 amide bonds. The summed E-state index contributed by atoms with van der Waals surface area (Å²) in [6, 6.07) is 22.6. The summed E-state index contributed by atoms with van der Waals surface area (Å²) < 4.78 is 2.34. The highest BCUT2D eigenvalue weighted by Crippen LogP contribution is 2.33. The zero-order valence-corrected chi connectivity index (χ0v) is 17.9. The van der Waals surface area contributed by atoms with E-state index in [1.165, 1.54) is 49.6 Å². The maximum atomic E-state index is 2.38. The third kappa shape index (κ3) is 3.42. The van der Waals surface area contributed by atoms with Crippen molar-refractivity contribution in [3.63, 3.8) is 0 Å². The molecule has 0 saturated heterocycles. The third-order valence-electron chi connectivity index (χ3n) is 5.68. The summed E-state index contributed by atoms with van der Waals surface area (Å²) in [5, 5.41) is 5.25. The normalized spacial score (nSPS) is 12.1. The molecule has 0 saturated carbocycles. The van der Waals surface area contributed by atoms with E-state index < -0.39 is 0 Å². The molecule has 0 aliphatic carbocycles. The molecule has 0 radical (unpaired) electrons. The van der Waals surface area contributed by atoms with Gasteiger partial charge in [0.15, 0.2) is 5.69 Å². The Morgan fingerprint density at radius 3 is 2.14 bits per heavy atom. The Bertz CT molecular complexity index is 1190. The van der Waals surface area contributed by atoms with Gasteiger partial charge in [0, 0.05) is 13.0 Å². The average Bonchev–Trinajstić information content (AvgIpc) is 2.61. The van der Waals surface area contributed by atoms with Crippen LogP contribution in [0.25, 0.3) is 32.8 Å². The van der Waals surface area contributed by atoms with Crippen molar-refractivity contribution in [3.05, 3.63) is 77.5 Å². The Hall–Kier alpha value is -2.67. The molecule has 4 rings (SSSR count). The number of pyridine rings is 1. The molecule has 1 nitrogen and oxygen atoms in total. The van der Waals surface area contributed by atoms with Crippen molar-refractivity contribution in [1.82, 2.24) is 0 Å². The van der Waals surface area contributed by atoms with Crippen LogP contribution in [-0.4, -0.2) is 0 Å². The van der Waals surface area contributed by atoms with Crippen LogP contribution in [0.1, 0.15) is 37.6 Å². The number of hydrogen-bond donors (Lipinski definition) is 0. The van der Waals surface area contributed by atoms with Crippen LogP contribution in [0.4, 0.5) is 0 Å². The number of aryl methyl sites for hydroxylation is 2. The van der Waals surface area contributed by atoms with Crippen LogP contribution in [0.3, 0.4) is 0 Å². The molecule has 0 atom stereocenters. The fourth-order valence-corrected chi connectivity index (χ4v) is 4.28. The lowest BCUT2D eigenvalue weighted by molar-refractivity contribution is -0.665. The van der Waals surface area contributed by atoms with E-state index in [1.807, 2.05) is 0 Å². The van der Waals surface area contributed by atoms with Gasteiger partial charge in [-0.3, -0.25) is 0 Å². The summed E-state index contributed by atoms with van der Waals surface area (Å²) in [4.78, 5) is 0. The van der Waals surface area contributed by atoms with Gasteiger partial charge in [-0.15, -0.1) is 0 Å². The molecular formula is C27H30N+. The van der Waals surface area contributed by atoms with Crippen molar-refractivity contribution in [1.29, 1.82) is 0 Å². The van der Waals surface area contributed by atoms with Gasteiger partial charge >= 0.3 is 0 Å². The molecule has 1 heterocycles. The van der Waals surface area contributed by atoms with Crippen molar-refractivity contribution in [3.8, 4) is 11.3 Å². The SMILES string of the molecule is Cc1cc2ccccc2cc1-c1c2ccc(CC(C)(C)C)cc2cc(C)[n+]1C. The molecule has 4 aromatic rings. The number of fused-ring (bicyclic) bond motifs is 2. The largest absolute Gasteiger partial charge is 0.220 e. The van der Waals surface area contributed by atoms with E-state index in [2.05, 4.69) is 107 Å². The van der Waals surface area contributed by atoms with Crippen molar-refractivity contribution < 1.29 is 4.57 Å². The second kappa shape index (κ2) is 6.74. The van der Waals surface area contributed by atoms with Gasteiger partial charge in [-0.05, 0) is 58.2 Å². The maximum Gasteiger partial charge on any atom is 0.220 e. The molecule has 0 N–H and O–H groups in total. The molecule has 28 heavy (non-hydrogen) atoms. The van der Waals surface area contributed by atoms with Crippen LogP contribution < -0.4 is 4.57 Å². The highest BCUT2D eigenvalue weighted by Gasteiger charge is 2.21. The molecule has 3 aromatic carbocycles. The van der Waals surface area contributed by atoms with Crippen molar-refractivity contribution >= 4 is 21.5 Å². The van der Waals surface area contributed by atoms with Crippen LogP contribution in [-0.2, 0) is 13.5 Å². The average molecular weight is 369 g/mol. The van der Waals surface area contributed by atoms with E-state index in [9.17, 15) is 0 Å². The molecule has 0 aliphatic heterocycles. The molecule has 142 valence electrons. The Labute approximate surface area is 168 Å². The van der Waals surface area contributed by atoms with Gasteiger partial charge in [-0.1, -0.05) is 63.2 Å². The molecule has 1 aromatic heterocycles. The smallest absolute Gasteiger partial charge is 0.198 e. The van der Waals surface area contributed by atoms with Crippen molar-refractivity contribution in [2.24, 2.45) is 12.5 Å². The molecule has 0 fully saturated rings. The van der Waals surface area contributed by atoms with Gasteiger partial charge in [-0.25, -0.2) is 0 Å². The van der Waals surface area contributed by atoms with Gasteiger partial charge in [0.25, 0.3) is 0 Å². The third-order valence-corrected chi connectivity index (χ3v) is 5.68. The van der Waals surface area contributed by atoms with Crippen molar-refractivity contribution in [2.45, 2.75) is 41.0 Å². The summed E-state index contributed by atoms with van der Waals surface area (Å²) in [6.07, 6.45) is 1.09. The Morgan fingerprint density at radius 1 is 0.786 bits per heavy atom. The highest BCUT2D eigenvalue weighted by atomic mass is 14.9. The Balaban J connectivity index is 1.98. The minimum absolute atomic E-state index is 0.292. The fraction of sp³-hybridized carbons (Fsp3) is 0.296. The minimum Gasteiger partial charge on any atom is -0.198 e. The first-order chi connectivity index (χ1) is 13.2. The lowest BCUT2D eigenvalue weighted by atomic mass is 9.87. The van der Waals surface area contributed by atoms with E-state index in [0.717, 1.165) is 6.42 Å². The zero-order chi connectivity index (χ0) is 20.1. The first-order valence-electron chi connectivity index (χ1n) is 10.1. The molecule has 1 heteroatoms. The van der Waals surface area contributed by atoms with Crippen LogP contribution in [0.2, 0.25) is 0 Å². The van der Waals surface area contributed by atoms with Crippen LogP contribution in [0, 0.1) is 19.3 Å². The van der Waals surface area contributed by atoms with Gasteiger partial charge < -0.3 is 0 Å². The first-order valence-corrected chi connectivity index (χ1v) is 10.1. The number of aromatic nitrogens is 1. The number of rotatable bonds is 2. The second-order valence-electron chi connectivity index (χ2n) is 9.37. The highest BCUT2D eigenvalue weighted by molar-refractivity contribution is 5.97. The fourth-order valence-electron chi connectivity index (χ4n) is 4.28. The zero-order valence-electron chi connectivity index (χ0n) is 17.9. The lowest BCUT2D eigenvalue weighted by Crippen LogP contribution is -2.35. The molecule has 0 unspecified atom stereocenters. The van der Waals surface area contributed by atoms with Crippen LogP contribution >= 0.6 is 0 Å².